The fraction of sp³-hybridized carbons (Fsp3) is 0.308. The van der Waals surface area contributed by atoms with Crippen LogP contribution in [0.5, 0.6) is 0 Å². The number of amides is 1. The van der Waals surface area contributed by atoms with Crippen LogP contribution in [-0.2, 0) is 4.79 Å². The van der Waals surface area contributed by atoms with Gasteiger partial charge in [-0.25, -0.2) is 0 Å². The zero-order chi connectivity index (χ0) is 14.1. The predicted octanol–water partition coefficient (Wildman–Crippen LogP) is 2.98. The van der Waals surface area contributed by atoms with Crippen LogP contribution >= 0.6 is 23.4 Å². The lowest BCUT2D eigenvalue weighted by Gasteiger charge is -2.18. The van der Waals surface area contributed by atoms with Crippen LogP contribution in [0.1, 0.15) is 18.9 Å². The minimum absolute atomic E-state index is 0.0162. The second kappa shape index (κ2) is 5.46. The maximum atomic E-state index is 11.6. The molecule has 0 spiro atoms. The highest BCUT2D eigenvalue weighted by Crippen LogP contribution is 2.33. The van der Waals surface area contributed by atoms with Crippen LogP contribution in [0.4, 0.5) is 0 Å². The second-order valence-corrected chi connectivity index (χ2v) is 5.91. The van der Waals surface area contributed by atoms with Crippen molar-refractivity contribution in [1.29, 1.82) is 0 Å². The molecule has 0 bridgehead atoms. The normalized spacial score (nSPS) is 18.5. The molecule has 104 valence electrons. The van der Waals surface area contributed by atoms with Crippen molar-refractivity contribution < 1.29 is 9.32 Å². The quantitative estimate of drug-likeness (QED) is 0.853. The third-order valence-corrected chi connectivity index (χ3v) is 4.34. The smallest absolute Gasteiger partial charge is 0.250 e. The Bertz CT molecular complexity index is 646. The second-order valence-electron chi connectivity index (χ2n) is 4.47. The summed E-state index contributed by atoms with van der Waals surface area (Å²) in [5, 5.41) is 4.59. The molecule has 1 fully saturated rings. The van der Waals surface area contributed by atoms with Gasteiger partial charge in [-0.2, -0.15) is 4.98 Å². The van der Waals surface area contributed by atoms with E-state index < -0.39 is 0 Å². The van der Waals surface area contributed by atoms with Crippen LogP contribution in [0.2, 0.25) is 5.02 Å². The molecule has 1 atom stereocenters. The van der Waals surface area contributed by atoms with E-state index in [1.165, 1.54) is 0 Å². The summed E-state index contributed by atoms with van der Waals surface area (Å²) in [5.74, 6) is 2.41. The molecule has 0 unspecified atom stereocenters. The number of halogens is 1. The molecule has 3 rings (SSSR count). The Morgan fingerprint density at radius 2 is 2.40 bits per heavy atom. The summed E-state index contributed by atoms with van der Waals surface area (Å²) >= 11 is 7.63. The number of aromatic nitrogens is 2. The molecule has 2 heterocycles. The van der Waals surface area contributed by atoms with E-state index in [-0.39, 0.29) is 11.9 Å². The van der Waals surface area contributed by atoms with Crippen LogP contribution in [0, 0.1) is 0 Å². The summed E-state index contributed by atoms with van der Waals surface area (Å²) in [4.78, 5) is 17.7. The van der Waals surface area contributed by atoms with Gasteiger partial charge in [-0.3, -0.25) is 4.79 Å². The molecule has 20 heavy (non-hydrogen) atoms. The SMILES string of the molecule is CC(=O)N1CSC[C@H]1c1nc(-c2cccc(Cl)c2)no1. The summed E-state index contributed by atoms with van der Waals surface area (Å²) < 4.78 is 5.31. The summed E-state index contributed by atoms with van der Waals surface area (Å²) in [5.41, 5.74) is 0.799. The maximum absolute atomic E-state index is 11.6. The van der Waals surface area contributed by atoms with Gasteiger partial charge in [-0.15, -0.1) is 11.8 Å². The summed E-state index contributed by atoms with van der Waals surface area (Å²) in [6, 6.07) is 7.13. The number of hydrogen-bond donors (Lipinski definition) is 0. The first-order valence-corrected chi connectivity index (χ1v) is 7.63. The molecule has 1 aliphatic rings. The number of rotatable bonds is 2. The van der Waals surface area contributed by atoms with E-state index in [1.807, 2.05) is 12.1 Å². The summed E-state index contributed by atoms with van der Waals surface area (Å²) in [6.45, 7) is 1.55. The van der Waals surface area contributed by atoms with E-state index in [0.717, 1.165) is 11.3 Å². The fourth-order valence-corrected chi connectivity index (χ4v) is 3.47. The van der Waals surface area contributed by atoms with Gasteiger partial charge in [-0.1, -0.05) is 28.9 Å². The van der Waals surface area contributed by atoms with E-state index in [4.69, 9.17) is 16.1 Å². The van der Waals surface area contributed by atoms with Gasteiger partial charge in [0.1, 0.15) is 6.04 Å². The molecule has 1 aromatic carbocycles. The molecule has 0 N–H and O–H groups in total. The fourth-order valence-electron chi connectivity index (χ4n) is 2.07. The Balaban J connectivity index is 1.89. The topological polar surface area (TPSA) is 59.2 Å². The minimum atomic E-state index is -0.141. The maximum Gasteiger partial charge on any atom is 0.250 e. The van der Waals surface area contributed by atoms with Crippen molar-refractivity contribution in [2.24, 2.45) is 0 Å². The van der Waals surface area contributed by atoms with Gasteiger partial charge in [0, 0.05) is 23.3 Å². The standard InChI is InChI=1S/C13H12ClN3O2S/c1-8(18)17-7-20-6-11(17)13-15-12(16-19-13)9-3-2-4-10(14)5-9/h2-5,11H,6-7H2,1H3/t11-/m0/s1. The van der Waals surface area contributed by atoms with Gasteiger partial charge in [0.25, 0.3) is 5.89 Å². The minimum Gasteiger partial charge on any atom is -0.337 e. The first-order valence-electron chi connectivity index (χ1n) is 6.09. The molecule has 1 amide bonds. The van der Waals surface area contributed by atoms with Crippen molar-refractivity contribution in [2.75, 3.05) is 11.6 Å². The van der Waals surface area contributed by atoms with E-state index in [0.29, 0.717) is 22.6 Å². The molecule has 0 radical (unpaired) electrons. The summed E-state index contributed by atoms with van der Waals surface area (Å²) in [6.07, 6.45) is 0. The number of hydrogen-bond acceptors (Lipinski definition) is 5. The van der Waals surface area contributed by atoms with Gasteiger partial charge in [-0.05, 0) is 12.1 Å². The first-order chi connectivity index (χ1) is 9.65. The van der Waals surface area contributed by atoms with Crippen LogP contribution in [0.3, 0.4) is 0 Å². The van der Waals surface area contributed by atoms with E-state index >= 15 is 0 Å². The predicted molar refractivity (Wildman–Crippen MR) is 77.3 cm³/mol. The van der Waals surface area contributed by atoms with Crippen molar-refractivity contribution in [2.45, 2.75) is 13.0 Å². The monoisotopic (exact) mass is 309 g/mol. The van der Waals surface area contributed by atoms with E-state index in [9.17, 15) is 4.79 Å². The number of carbonyl (C=O) groups excluding carboxylic acids is 1. The number of nitrogens with zero attached hydrogens (tertiary/aromatic N) is 3. The van der Waals surface area contributed by atoms with E-state index in [1.54, 1.807) is 35.7 Å². The van der Waals surface area contributed by atoms with Crippen molar-refractivity contribution in [3.05, 3.63) is 35.2 Å². The van der Waals surface area contributed by atoms with Crippen LogP contribution < -0.4 is 0 Å². The van der Waals surface area contributed by atoms with Crippen molar-refractivity contribution in [3.8, 4) is 11.4 Å². The third kappa shape index (κ3) is 2.53. The largest absolute Gasteiger partial charge is 0.337 e. The Morgan fingerprint density at radius 1 is 1.55 bits per heavy atom. The molecular weight excluding hydrogens is 298 g/mol. The Kier molecular flexibility index (Phi) is 3.67. The molecular formula is C13H12ClN3O2S. The highest BCUT2D eigenvalue weighted by atomic mass is 35.5. The van der Waals surface area contributed by atoms with Crippen molar-refractivity contribution in [3.63, 3.8) is 0 Å². The van der Waals surface area contributed by atoms with Crippen molar-refractivity contribution >= 4 is 29.3 Å². The van der Waals surface area contributed by atoms with Gasteiger partial charge < -0.3 is 9.42 Å². The zero-order valence-corrected chi connectivity index (χ0v) is 12.3. The van der Waals surface area contributed by atoms with Crippen LogP contribution in [0.25, 0.3) is 11.4 Å². The lowest BCUT2D eigenvalue weighted by atomic mass is 10.2. The molecule has 0 saturated carbocycles. The summed E-state index contributed by atoms with van der Waals surface area (Å²) in [7, 11) is 0. The lowest BCUT2D eigenvalue weighted by Crippen LogP contribution is -2.28. The molecule has 1 saturated heterocycles. The molecule has 0 aliphatic carbocycles. The third-order valence-electron chi connectivity index (χ3n) is 3.10. The van der Waals surface area contributed by atoms with Crippen molar-refractivity contribution in [1.82, 2.24) is 15.0 Å². The van der Waals surface area contributed by atoms with Gasteiger partial charge in [0.05, 0.1) is 5.88 Å². The Hall–Kier alpha value is -1.53. The molecule has 7 heteroatoms. The molecule has 1 aromatic heterocycles. The first kappa shape index (κ1) is 13.5. The van der Waals surface area contributed by atoms with Gasteiger partial charge in [0.2, 0.25) is 11.7 Å². The molecule has 2 aromatic rings. The average Bonchev–Trinajstić information content (AvgIpc) is 3.07. The Morgan fingerprint density at radius 3 is 3.15 bits per heavy atom. The van der Waals surface area contributed by atoms with Gasteiger partial charge in [0.15, 0.2) is 0 Å². The van der Waals surface area contributed by atoms with Crippen LogP contribution in [0.15, 0.2) is 28.8 Å². The Labute approximate surface area is 125 Å². The number of benzene rings is 1. The van der Waals surface area contributed by atoms with Gasteiger partial charge >= 0.3 is 0 Å². The lowest BCUT2D eigenvalue weighted by molar-refractivity contribution is -0.129. The average molecular weight is 310 g/mol. The highest BCUT2D eigenvalue weighted by molar-refractivity contribution is 7.99. The van der Waals surface area contributed by atoms with Crippen LogP contribution in [-0.4, -0.2) is 32.6 Å². The molecule has 1 aliphatic heterocycles. The number of thioether (sulfide) groups is 1. The van der Waals surface area contributed by atoms with E-state index in [2.05, 4.69) is 10.1 Å². The zero-order valence-electron chi connectivity index (χ0n) is 10.7. The highest BCUT2D eigenvalue weighted by Gasteiger charge is 2.32. The molecule has 5 nitrogen and oxygen atoms in total. The number of carbonyl (C=O) groups is 1.